The number of nitrogens with two attached hydrogens (primary N) is 1. The van der Waals surface area contributed by atoms with Crippen molar-refractivity contribution >= 4 is 27.0 Å². The van der Waals surface area contributed by atoms with E-state index in [-0.39, 0.29) is 17.3 Å². The number of halogens is 1. The maximum absolute atomic E-state index is 11.3. The minimum Gasteiger partial charge on any atom is -0.373 e. The van der Waals surface area contributed by atoms with Gasteiger partial charge in [-0.25, -0.2) is 4.79 Å². The number of fused-ring (bicyclic) bond motifs is 1. The molecule has 3 rings (SSSR count). The number of nitrogens with one attached hydrogen (secondary N) is 2. The number of hydrogen-bond donors (Lipinski definition) is 3. The van der Waals surface area contributed by atoms with E-state index < -0.39 is 0 Å². The predicted molar refractivity (Wildman–Crippen MR) is 77.1 cm³/mol. The Kier molecular flexibility index (Phi) is 3.03. The van der Waals surface area contributed by atoms with E-state index >= 15 is 0 Å². The quantitative estimate of drug-likeness (QED) is 0.791. The van der Waals surface area contributed by atoms with Gasteiger partial charge < -0.3 is 20.4 Å². The van der Waals surface area contributed by atoms with Crippen molar-refractivity contribution in [3.63, 3.8) is 0 Å². The molecule has 1 aliphatic rings. The van der Waals surface area contributed by atoms with E-state index in [1.54, 1.807) is 0 Å². The molecule has 0 bridgehead atoms. The molecule has 2 atom stereocenters. The van der Waals surface area contributed by atoms with Crippen LogP contribution >= 0.6 is 15.9 Å². The zero-order valence-corrected chi connectivity index (χ0v) is 12.2. The van der Waals surface area contributed by atoms with Gasteiger partial charge >= 0.3 is 5.69 Å². The highest BCUT2D eigenvalue weighted by atomic mass is 79.9. The summed E-state index contributed by atoms with van der Waals surface area (Å²) in [4.78, 5) is 16.8. The lowest BCUT2D eigenvalue weighted by Gasteiger charge is -2.31. The first-order chi connectivity index (χ1) is 8.99. The van der Waals surface area contributed by atoms with Crippen LogP contribution in [-0.2, 0) is 4.74 Å². The lowest BCUT2D eigenvalue weighted by molar-refractivity contribution is -0.00187. The summed E-state index contributed by atoms with van der Waals surface area (Å²) < 4.78 is 6.69. The normalized spacial score (nSPS) is 25.0. The van der Waals surface area contributed by atoms with Crippen molar-refractivity contribution in [3.8, 4) is 0 Å². The van der Waals surface area contributed by atoms with Crippen LogP contribution in [0.4, 0.5) is 0 Å². The molecule has 0 aliphatic carbocycles. The standard InChI is InChI=1S/C13H16BrN3O2/c1-13(3-2-4-19-13)11(15)7-5-9-10(6-8(7)14)17-12(18)16-9/h5-6,11H,2-4,15H2,1H3,(H2,16,17,18). The number of aromatic nitrogens is 2. The Balaban J connectivity index is 2.08. The van der Waals surface area contributed by atoms with Crippen LogP contribution in [0.5, 0.6) is 0 Å². The second kappa shape index (κ2) is 4.47. The summed E-state index contributed by atoms with van der Waals surface area (Å²) in [7, 11) is 0. The molecule has 19 heavy (non-hydrogen) atoms. The molecule has 1 aliphatic heterocycles. The summed E-state index contributed by atoms with van der Waals surface area (Å²) in [6.07, 6.45) is 1.98. The zero-order valence-electron chi connectivity index (χ0n) is 10.6. The molecule has 4 N–H and O–H groups in total. The van der Waals surface area contributed by atoms with Crippen LogP contribution in [0, 0.1) is 0 Å². The fraction of sp³-hybridized carbons (Fsp3) is 0.462. The number of rotatable bonds is 2. The lowest BCUT2D eigenvalue weighted by Crippen LogP contribution is -2.37. The van der Waals surface area contributed by atoms with Gasteiger partial charge in [-0.1, -0.05) is 15.9 Å². The Morgan fingerprint density at radius 1 is 1.42 bits per heavy atom. The summed E-state index contributed by atoms with van der Waals surface area (Å²) in [6.45, 7) is 2.80. The van der Waals surface area contributed by atoms with Crippen LogP contribution in [0.1, 0.15) is 31.4 Å². The Morgan fingerprint density at radius 3 is 2.74 bits per heavy atom. The van der Waals surface area contributed by atoms with Gasteiger partial charge in [0.1, 0.15) is 0 Å². The van der Waals surface area contributed by atoms with Crippen molar-refractivity contribution in [1.29, 1.82) is 0 Å². The van der Waals surface area contributed by atoms with E-state index in [4.69, 9.17) is 10.5 Å². The fourth-order valence-electron chi connectivity index (χ4n) is 2.69. The zero-order chi connectivity index (χ0) is 13.6. The number of hydrogen-bond acceptors (Lipinski definition) is 3. The Hall–Kier alpha value is -1.11. The SMILES string of the molecule is CC1(C(N)c2cc3[nH]c(=O)[nH]c3cc2Br)CCCO1. The van der Waals surface area contributed by atoms with Gasteiger partial charge in [0, 0.05) is 11.1 Å². The Bertz CT molecular complexity index is 670. The first-order valence-corrected chi connectivity index (χ1v) is 7.10. The fourth-order valence-corrected chi connectivity index (χ4v) is 3.28. The lowest BCUT2D eigenvalue weighted by atomic mass is 9.88. The van der Waals surface area contributed by atoms with E-state index in [0.29, 0.717) is 0 Å². The smallest absolute Gasteiger partial charge is 0.323 e. The van der Waals surface area contributed by atoms with Crippen LogP contribution in [0.2, 0.25) is 0 Å². The van der Waals surface area contributed by atoms with Gasteiger partial charge in [-0.05, 0) is 37.5 Å². The van der Waals surface area contributed by atoms with E-state index in [1.807, 2.05) is 19.1 Å². The summed E-state index contributed by atoms with van der Waals surface area (Å²) in [5, 5.41) is 0. The number of imidazole rings is 1. The first-order valence-electron chi connectivity index (χ1n) is 6.30. The van der Waals surface area contributed by atoms with Crippen molar-refractivity contribution in [2.75, 3.05) is 6.61 Å². The third-order valence-electron chi connectivity index (χ3n) is 3.88. The first kappa shape index (κ1) is 12.9. The highest BCUT2D eigenvalue weighted by Gasteiger charge is 2.38. The molecule has 1 aromatic heterocycles. The van der Waals surface area contributed by atoms with Crippen LogP contribution in [0.25, 0.3) is 11.0 Å². The molecule has 0 amide bonds. The van der Waals surface area contributed by atoms with Crippen molar-refractivity contribution < 1.29 is 4.74 Å². The largest absolute Gasteiger partial charge is 0.373 e. The topological polar surface area (TPSA) is 83.9 Å². The summed E-state index contributed by atoms with van der Waals surface area (Å²) in [5.74, 6) is 0. The van der Waals surface area contributed by atoms with E-state index in [9.17, 15) is 4.79 Å². The molecule has 5 nitrogen and oxygen atoms in total. The van der Waals surface area contributed by atoms with Gasteiger partial charge in [0.05, 0.1) is 22.7 Å². The van der Waals surface area contributed by atoms with Crippen LogP contribution in [0.3, 0.4) is 0 Å². The van der Waals surface area contributed by atoms with E-state index in [2.05, 4.69) is 25.9 Å². The molecule has 0 saturated carbocycles. The van der Waals surface area contributed by atoms with E-state index in [1.165, 1.54) is 0 Å². The van der Waals surface area contributed by atoms with Crippen LogP contribution in [-0.4, -0.2) is 22.2 Å². The van der Waals surface area contributed by atoms with Crippen LogP contribution < -0.4 is 11.4 Å². The van der Waals surface area contributed by atoms with Crippen LogP contribution in [0.15, 0.2) is 21.4 Å². The van der Waals surface area contributed by atoms with Crippen molar-refractivity contribution in [2.45, 2.75) is 31.4 Å². The van der Waals surface area contributed by atoms with E-state index in [0.717, 1.165) is 40.5 Å². The minimum absolute atomic E-state index is 0.212. The maximum atomic E-state index is 11.3. The molecule has 1 saturated heterocycles. The number of aromatic amines is 2. The number of H-pyrrole nitrogens is 2. The highest BCUT2D eigenvalue weighted by Crippen LogP contribution is 2.39. The molecule has 0 spiro atoms. The Labute approximate surface area is 118 Å². The third kappa shape index (κ3) is 2.13. The van der Waals surface area contributed by atoms with Gasteiger partial charge in [0.15, 0.2) is 0 Å². The molecule has 2 unspecified atom stereocenters. The molecular weight excluding hydrogens is 310 g/mol. The monoisotopic (exact) mass is 325 g/mol. The second-order valence-electron chi connectivity index (χ2n) is 5.24. The average Bonchev–Trinajstić information content (AvgIpc) is 2.93. The minimum atomic E-state index is -0.340. The Morgan fingerprint density at radius 2 is 2.11 bits per heavy atom. The molecule has 102 valence electrons. The summed E-state index contributed by atoms with van der Waals surface area (Å²) in [6, 6.07) is 3.56. The molecule has 0 radical (unpaired) electrons. The maximum Gasteiger partial charge on any atom is 0.323 e. The van der Waals surface area contributed by atoms with Crippen molar-refractivity contribution in [2.24, 2.45) is 5.73 Å². The summed E-state index contributed by atoms with van der Waals surface area (Å²) in [5.41, 5.74) is 8.31. The molecule has 2 aromatic rings. The number of ether oxygens (including phenoxy) is 1. The summed E-state index contributed by atoms with van der Waals surface area (Å²) >= 11 is 3.53. The highest BCUT2D eigenvalue weighted by molar-refractivity contribution is 9.10. The predicted octanol–water partition coefficient (Wildman–Crippen LogP) is 2.19. The molecule has 1 fully saturated rings. The van der Waals surface area contributed by atoms with Gasteiger partial charge in [-0.15, -0.1) is 0 Å². The van der Waals surface area contributed by atoms with Gasteiger partial charge in [0.25, 0.3) is 0 Å². The molecule has 1 aromatic carbocycles. The van der Waals surface area contributed by atoms with Gasteiger partial charge in [-0.3, -0.25) is 0 Å². The van der Waals surface area contributed by atoms with Gasteiger partial charge in [0.2, 0.25) is 0 Å². The van der Waals surface area contributed by atoms with Crippen molar-refractivity contribution in [3.05, 3.63) is 32.7 Å². The average molecular weight is 326 g/mol. The number of benzene rings is 1. The molecule has 6 heteroatoms. The second-order valence-corrected chi connectivity index (χ2v) is 6.10. The molecule has 2 heterocycles. The molecular formula is C13H16BrN3O2. The third-order valence-corrected chi connectivity index (χ3v) is 4.56. The van der Waals surface area contributed by atoms with Crippen molar-refractivity contribution in [1.82, 2.24) is 9.97 Å². The van der Waals surface area contributed by atoms with Gasteiger partial charge in [-0.2, -0.15) is 0 Å².